The molecule has 6 heteroatoms. The number of morpholine rings is 1. The van der Waals surface area contributed by atoms with Crippen molar-refractivity contribution in [1.29, 1.82) is 0 Å². The van der Waals surface area contributed by atoms with Crippen LogP contribution in [0.4, 0.5) is 0 Å². The SMILES string of the molecule is CCOC(C)(C)C(=O)N1C[C@H](O)[C@@H](N2CCOCC2)C1. The van der Waals surface area contributed by atoms with Gasteiger partial charge in [-0.2, -0.15) is 0 Å². The summed E-state index contributed by atoms with van der Waals surface area (Å²) in [6.07, 6.45) is -0.491. The zero-order valence-electron chi connectivity index (χ0n) is 12.7. The first-order valence-corrected chi connectivity index (χ1v) is 7.39. The molecule has 2 rings (SSSR count). The number of amides is 1. The topological polar surface area (TPSA) is 62.2 Å². The van der Waals surface area contributed by atoms with Crippen LogP contribution in [-0.2, 0) is 14.3 Å². The number of carbonyl (C=O) groups is 1. The van der Waals surface area contributed by atoms with Crippen LogP contribution < -0.4 is 0 Å². The number of rotatable bonds is 4. The van der Waals surface area contributed by atoms with Gasteiger partial charge in [-0.1, -0.05) is 0 Å². The number of nitrogens with zero attached hydrogens (tertiary/aromatic N) is 2. The largest absolute Gasteiger partial charge is 0.390 e. The maximum absolute atomic E-state index is 12.5. The Hall–Kier alpha value is -0.690. The van der Waals surface area contributed by atoms with Crippen molar-refractivity contribution in [3.8, 4) is 0 Å². The van der Waals surface area contributed by atoms with Gasteiger partial charge in [0.15, 0.2) is 0 Å². The highest BCUT2D eigenvalue weighted by atomic mass is 16.5. The molecular weight excluding hydrogens is 260 g/mol. The molecule has 116 valence electrons. The van der Waals surface area contributed by atoms with E-state index in [1.807, 2.05) is 6.92 Å². The van der Waals surface area contributed by atoms with Gasteiger partial charge < -0.3 is 19.5 Å². The Balaban J connectivity index is 1.97. The van der Waals surface area contributed by atoms with Crippen molar-refractivity contribution in [3.05, 3.63) is 0 Å². The van der Waals surface area contributed by atoms with Crippen LogP contribution in [0.25, 0.3) is 0 Å². The summed E-state index contributed by atoms with van der Waals surface area (Å²) in [5.74, 6) is -0.0471. The summed E-state index contributed by atoms with van der Waals surface area (Å²) in [6.45, 7) is 9.93. The van der Waals surface area contributed by atoms with E-state index in [-0.39, 0.29) is 11.9 Å². The average Bonchev–Trinajstić information content (AvgIpc) is 2.81. The van der Waals surface area contributed by atoms with E-state index in [0.717, 1.165) is 13.1 Å². The minimum absolute atomic E-state index is 0.0141. The third-order valence-corrected chi connectivity index (χ3v) is 4.08. The first-order valence-electron chi connectivity index (χ1n) is 7.39. The quantitative estimate of drug-likeness (QED) is 0.769. The highest BCUT2D eigenvalue weighted by molar-refractivity contribution is 5.84. The molecule has 20 heavy (non-hydrogen) atoms. The minimum atomic E-state index is -0.825. The fourth-order valence-electron chi connectivity index (χ4n) is 3.01. The van der Waals surface area contributed by atoms with E-state index in [0.29, 0.717) is 32.9 Å². The highest BCUT2D eigenvalue weighted by Gasteiger charge is 2.42. The van der Waals surface area contributed by atoms with Crippen molar-refractivity contribution in [3.63, 3.8) is 0 Å². The number of carbonyl (C=O) groups excluding carboxylic acids is 1. The van der Waals surface area contributed by atoms with Crippen molar-refractivity contribution in [1.82, 2.24) is 9.80 Å². The predicted molar refractivity (Wildman–Crippen MR) is 74.5 cm³/mol. The monoisotopic (exact) mass is 286 g/mol. The van der Waals surface area contributed by atoms with Crippen molar-refractivity contribution in [2.24, 2.45) is 0 Å². The molecule has 0 radical (unpaired) electrons. The molecule has 0 saturated carbocycles. The van der Waals surface area contributed by atoms with Gasteiger partial charge in [0.25, 0.3) is 5.91 Å². The van der Waals surface area contributed by atoms with E-state index < -0.39 is 11.7 Å². The van der Waals surface area contributed by atoms with Gasteiger partial charge in [-0.05, 0) is 20.8 Å². The summed E-state index contributed by atoms with van der Waals surface area (Å²) >= 11 is 0. The maximum atomic E-state index is 12.5. The second kappa shape index (κ2) is 6.39. The number of hydrogen-bond acceptors (Lipinski definition) is 5. The number of likely N-dealkylation sites (tertiary alicyclic amines) is 1. The maximum Gasteiger partial charge on any atom is 0.254 e. The molecule has 0 aliphatic carbocycles. The molecule has 2 heterocycles. The van der Waals surface area contributed by atoms with E-state index in [2.05, 4.69) is 4.90 Å². The average molecular weight is 286 g/mol. The summed E-state index contributed by atoms with van der Waals surface area (Å²) in [5.41, 5.74) is -0.825. The van der Waals surface area contributed by atoms with E-state index in [1.54, 1.807) is 18.7 Å². The molecule has 0 aromatic heterocycles. The highest BCUT2D eigenvalue weighted by Crippen LogP contribution is 2.22. The third-order valence-electron chi connectivity index (χ3n) is 4.08. The lowest BCUT2D eigenvalue weighted by atomic mass is 10.1. The number of ether oxygens (including phenoxy) is 2. The summed E-state index contributed by atoms with van der Waals surface area (Å²) in [6, 6.07) is 0.0141. The van der Waals surface area contributed by atoms with Crippen LogP contribution in [0.1, 0.15) is 20.8 Å². The van der Waals surface area contributed by atoms with Crippen LogP contribution in [0, 0.1) is 0 Å². The molecule has 0 aromatic rings. The van der Waals surface area contributed by atoms with Crippen LogP contribution in [0.3, 0.4) is 0 Å². The molecule has 2 aliphatic rings. The number of aliphatic hydroxyl groups is 1. The zero-order chi connectivity index (χ0) is 14.8. The van der Waals surface area contributed by atoms with Gasteiger partial charge in [0.1, 0.15) is 5.60 Å². The Morgan fingerprint density at radius 1 is 1.35 bits per heavy atom. The van der Waals surface area contributed by atoms with Gasteiger partial charge in [0, 0.05) is 32.8 Å². The molecule has 2 fully saturated rings. The van der Waals surface area contributed by atoms with Crippen molar-refractivity contribution in [2.75, 3.05) is 46.0 Å². The van der Waals surface area contributed by atoms with E-state index >= 15 is 0 Å². The van der Waals surface area contributed by atoms with Crippen molar-refractivity contribution < 1.29 is 19.4 Å². The Morgan fingerprint density at radius 3 is 2.60 bits per heavy atom. The number of β-amino-alcohol motifs (C(OH)–C–C–N with tert-alkyl or cyclic N) is 1. The van der Waals surface area contributed by atoms with Gasteiger partial charge in [0.2, 0.25) is 0 Å². The first-order chi connectivity index (χ1) is 9.45. The molecule has 0 unspecified atom stereocenters. The standard InChI is InChI=1S/C14H26N2O4/c1-4-20-14(2,3)13(18)16-9-11(12(17)10-16)15-5-7-19-8-6-15/h11-12,17H,4-10H2,1-3H3/t11-,12-/m0/s1. The van der Waals surface area contributed by atoms with E-state index in [1.165, 1.54) is 0 Å². The molecule has 0 bridgehead atoms. The second-order valence-electron chi connectivity index (χ2n) is 5.94. The molecular formula is C14H26N2O4. The Bertz CT molecular complexity index is 342. The van der Waals surface area contributed by atoms with Crippen LogP contribution in [0.2, 0.25) is 0 Å². The summed E-state index contributed by atoms with van der Waals surface area (Å²) < 4.78 is 10.8. The smallest absolute Gasteiger partial charge is 0.254 e. The summed E-state index contributed by atoms with van der Waals surface area (Å²) in [5, 5.41) is 10.2. The van der Waals surface area contributed by atoms with Gasteiger partial charge in [-0.3, -0.25) is 9.69 Å². The molecule has 6 nitrogen and oxygen atoms in total. The minimum Gasteiger partial charge on any atom is -0.390 e. The Labute approximate surface area is 120 Å². The summed E-state index contributed by atoms with van der Waals surface area (Å²) in [7, 11) is 0. The lowest BCUT2D eigenvalue weighted by Crippen LogP contribution is -2.50. The number of aliphatic hydroxyl groups excluding tert-OH is 1. The first kappa shape index (κ1) is 15.7. The molecule has 1 N–H and O–H groups in total. The van der Waals surface area contributed by atoms with Crippen molar-refractivity contribution in [2.45, 2.75) is 38.5 Å². The normalized spacial score (nSPS) is 28.9. The molecule has 0 aromatic carbocycles. The molecule has 2 saturated heterocycles. The molecule has 0 spiro atoms. The fourth-order valence-corrected chi connectivity index (χ4v) is 3.01. The lowest BCUT2D eigenvalue weighted by Gasteiger charge is -2.33. The molecule has 2 atom stereocenters. The predicted octanol–water partition coefficient (Wildman–Crippen LogP) is -0.295. The Morgan fingerprint density at radius 2 is 2.00 bits per heavy atom. The molecule has 2 aliphatic heterocycles. The van der Waals surface area contributed by atoms with Gasteiger partial charge >= 0.3 is 0 Å². The molecule has 1 amide bonds. The zero-order valence-corrected chi connectivity index (χ0v) is 12.7. The van der Waals surface area contributed by atoms with Crippen LogP contribution >= 0.6 is 0 Å². The lowest BCUT2D eigenvalue weighted by molar-refractivity contribution is -0.153. The van der Waals surface area contributed by atoms with Crippen LogP contribution in [-0.4, -0.2) is 84.6 Å². The van der Waals surface area contributed by atoms with E-state index in [9.17, 15) is 9.90 Å². The third kappa shape index (κ3) is 3.31. The van der Waals surface area contributed by atoms with Crippen molar-refractivity contribution >= 4 is 5.91 Å². The van der Waals surface area contributed by atoms with Crippen LogP contribution in [0.5, 0.6) is 0 Å². The van der Waals surface area contributed by atoms with Gasteiger partial charge in [0.05, 0.1) is 25.4 Å². The van der Waals surface area contributed by atoms with Gasteiger partial charge in [-0.25, -0.2) is 0 Å². The van der Waals surface area contributed by atoms with Crippen LogP contribution in [0.15, 0.2) is 0 Å². The second-order valence-corrected chi connectivity index (χ2v) is 5.94. The fraction of sp³-hybridized carbons (Fsp3) is 0.929. The summed E-state index contributed by atoms with van der Waals surface area (Å²) in [4.78, 5) is 16.4. The van der Waals surface area contributed by atoms with E-state index in [4.69, 9.17) is 9.47 Å². The number of hydrogen-bond donors (Lipinski definition) is 1. The Kier molecular flexibility index (Phi) is 5.01. The van der Waals surface area contributed by atoms with Gasteiger partial charge in [-0.15, -0.1) is 0 Å².